The van der Waals surface area contributed by atoms with Crippen LogP contribution in [0.4, 0.5) is 23.5 Å². The number of hydrogen-bond acceptors (Lipinski definition) is 5. The molecule has 3 aromatic rings. The first kappa shape index (κ1) is 21.2. The third kappa shape index (κ3) is 4.68. The molecule has 4 rings (SSSR count). The summed E-state index contributed by atoms with van der Waals surface area (Å²) in [6.45, 7) is 2.70. The molecular weight excluding hydrogens is 432 g/mol. The summed E-state index contributed by atoms with van der Waals surface area (Å²) in [6, 6.07) is 8.66. The van der Waals surface area contributed by atoms with E-state index >= 15 is 0 Å². The van der Waals surface area contributed by atoms with Gasteiger partial charge >= 0.3 is 11.9 Å². The SMILES string of the molecule is Cc1nc(N2CC=C(c3ccc(F)cc3)CC2)nc(=O)n1Cc1ccc(C(F)(F)F)s1. The van der Waals surface area contributed by atoms with Crippen molar-refractivity contribution in [3.05, 3.63) is 79.9 Å². The standard InChI is InChI=1S/C21H18F4N4OS/c1-13-26-19(28-10-8-15(9-11-28)14-2-4-16(22)5-3-14)27-20(30)29(13)12-17-6-7-18(31-17)21(23,24)25/h2-8H,9-12H2,1H3. The zero-order valence-corrected chi connectivity index (χ0v) is 17.3. The molecule has 5 nitrogen and oxygen atoms in total. The van der Waals surface area contributed by atoms with Crippen LogP contribution in [-0.2, 0) is 12.7 Å². The Labute approximate surface area is 179 Å². The van der Waals surface area contributed by atoms with Gasteiger partial charge in [0.1, 0.15) is 16.5 Å². The second kappa shape index (κ2) is 8.26. The van der Waals surface area contributed by atoms with Crippen molar-refractivity contribution in [1.82, 2.24) is 14.5 Å². The smallest absolute Gasteiger partial charge is 0.337 e. The Morgan fingerprint density at radius 3 is 2.42 bits per heavy atom. The van der Waals surface area contributed by atoms with E-state index in [1.807, 2.05) is 11.0 Å². The summed E-state index contributed by atoms with van der Waals surface area (Å²) in [5, 5.41) is 0. The number of aryl methyl sites for hydroxylation is 1. The Bertz CT molecular complexity index is 1180. The molecule has 0 fully saturated rings. The van der Waals surface area contributed by atoms with Crippen LogP contribution in [0.5, 0.6) is 0 Å². The fraction of sp³-hybridized carbons (Fsp3) is 0.286. The Morgan fingerprint density at radius 2 is 1.84 bits per heavy atom. The van der Waals surface area contributed by atoms with Crippen LogP contribution in [0, 0.1) is 12.7 Å². The van der Waals surface area contributed by atoms with Crippen LogP contribution in [0.3, 0.4) is 0 Å². The van der Waals surface area contributed by atoms with E-state index in [2.05, 4.69) is 9.97 Å². The predicted octanol–water partition coefficient (Wildman–Crippen LogP) is 4.51. The Hall–Kier alpha value is -3.01. The van der Waals surface area contributed by atoms with Crippen LogP contribution < -0.4 is 10.6 Å². The minimum Gasteiger partial charge on any atom is -0.337 e. The Morgan fingerprint density at radius 1 is 1.10 bits per heavy atom. The number of rotatable bonds is 4. The van der Waals surface area contributed by atoms with Gasteiger partial charge in [-0.25, -0.2) is 9.18 Å². The van der Waals surface area contributed by atoms with Crippen LogP contribution in [0.1, 0.15) is 27.6 Å². The number of hydrogen-bond donors (Lipinski definition) is 0. The Balaban J connectivity index is 1.50. The van der Waals surface area contributed by atoms with Gasteiger partial charge in [-0.3, -0.25) is 4.57 Å². The third-order valence-electron chi connectivity index (χ3n) is 5.04. The lowest BCUT2D eigenvalue weighted by molar-refractivity contribution is -0.134. The lowest BCUT2D eigenvalue weighted by Gasteiger charge is -2.27. The van der Waals surface area contributed by atoms with Crippen molar-refractivity contribution >= 4 is 22.9 Å². The normalized spacial score (nSPS) is 14.6. The largest absolute Gasteiger partial charge is 0.425 e. The average molecular weight is 450 g/mol. The maximum Gasteiger partial charge on any atom is 0.425 e. The van der Waals surface area contributed by atoms with E-state index in [1.165, 1.54) is 22.8 Å². The van der Waals surface area contributed by atoms with Gasteiger partial charge in [0.05, 0.1) is 6.54 Å². The van der Waals surface area contributed by atoms with Crippen molar-refractivity contribution in [3.63, 3.8) is 0 Å². The highest BCUT2D eigenvalue weighted by molar-refractivity contribution is 7.12. The number of aromatic nitrogens is 3. The topological polar surface area (TPSA) is 51.0 Å². The minimum absolute atomic E-state index is 0.0136. The molecule has 1 aliphatic rings. The van der Waals surface area contributed by atoms with Crippen LogP contribution in [-0.4, -0.2) is 27.6 Å². The molecule has 3 heterocycles. The summed E-state index contributed by atoms with van der Waals surface area (Å²) in [4.78, 5) is 22.5. The molecule has 0 atom stereocenters. The first-order chi connectivity index (χ1) is 14.7. The van der Waals surface area contributed by atoms with E-state index in [9.17, 15) is 22.4 Å². The van der Waals surface area contributed by atoms with Gasteiger partial charge in [-0.05, 0) is 48.7 Å². The van der Waals surface area contributed by atoms with Crippen LogP contribution in [0.25, 0.3) is 5.57 Å². The number of halogens is 4. The van der Waals surface area contributed by atoms with Crippen molar-refractivity contribution in [3.8, 4) is 0 Å². The molecule has 0 bridgehead atoms. The molecule has 0 N–H and O–H groups in total. The van der Waals surface area contributed by atoms with Crippen molar-refractivity contribution in [2.75, 3.05) is 18.0 Å². The van der Waals surface area contributed by atoms with Crippen molar-refractivity contribution < 1.29 is 17.6 Å². The highest BCUT2D eigenvalue weighted by Gasteiger charge is 2.32. The summed E-state index contributed by atoms with van der Waals surface area (Å²) in [5.74, 6) is 0.379. The number of alkyl halides is 3. The molecule has 0 aliphatic carbocycles. The molecular formula is C21H18F4N4OS. The molecule has 31 heavy (non-hydrogen) atoms. The predicted molar refractivity (Wildman–Crippen MR) is 111 cm³/mol. The van der Waals surface area contributed by atoms with Crippen LogP contribution in [0.15, 0.2) is 47.3 Å². The van der Waals surface area contributed by atoms with Gasteiger partial charge in [-0.2, -0.15) is 23.1 Å². The molecule has 0 unspecified atom stereocenters. The van der Waals surface area contributed by atoms with E-state index < -0.39 is 16.7 Å². The van der Waals surface area contributed by atoms with Crippen LogP contribution in [0.2, 0.25) is 0 Å². The van der Waals surface area contributed by atoms with Gasteiger partial charge in [0, 0.05) is 18.0 Å². The third-order valence-corrected chi connectivity index (χ3v) is 6.16. The Kier molecular flexibility index (Phi) is 5.65. The molecule has 0 saturated heterocycles. The fourth-order valence-corrected chi connectivity index (χ4v) is 4.25. The number of nitrogens with zero attached hydrogens (tertiary/aromatic N) is 4. The molecule has 0 amide bonds. The zero-order valence-electron chi connectivity index (χ0n) is 16.5. The lowest BCUT2D eigenvalue weighted by atomic mass is 10.00. The van der Waals surface area contributed by atoms with E-state index in [-0.39, 0.29) is 18.3 Å². The average Bonchev–Trinajstić information content (AvgIpc) is 3.21. The van der Waals surface area contributed by atoms with Crippen molar-refractivity contribution in [2.45, 2.75) is 26.1 Å². The molecule has 1 aliphatic heterocycles. The monoisotopic (exact) mass is 450 g/mol. The minimum atomic E-state index is -4.40. The molecule has 0 saturated carbocycles. The highest BCUT2D eigenvalue weighted by atomic mass is 32.1. The van der Waals surface area contributed by atoms with Gasteiger partial charge in [-0.1, -0.05) is 18.2 Å². The van der Waals surface area contributed by atoms with Crippen LogP contribution >= 0.6 is 11.3 Å². The molecule has 0 spiro atoms. The van der Waals surface area contributed by atoms with Gasteiger partial charge in [0.15, 0.2) is 0 Å². The van der Waals surface area contributed by atoms with Crippen molar-refractivity contribution in [1.29, 1.82) is 0 Å². The number of thiophene rings is 1. The fourth-order valence-electron chi connectivity index (χ4n) is 3.39. The van der Waals surface area contributed by atoms with Gasteiger partial charge in [0.25, 0.3) is 0 Å². The molecule has 0 radical (unpaired) electrons. The van der Waals surface area contributed by atoms with Gasteiger partial charge < -0.3 is 4.90 Å². The summed E-state index contributed by atoms with van der Waals surface area (Å²) in [7, 11) is 0. The zero-order chi connectivity index (χ0) is 22.2. The number of benzene rings is 1. The second-order valence-corrected chi connectivity index (χ2v) is 8.30. The first-order valence-corrected chi connectivity index (χ1v) is 10.3. The van der Waals surface area contributed by atoms with E-state index in [4.69, 9.17) is 0 Å². The van der Waals surface area contributed by atoms with Crippen molar-refractivity contribution in [2.24, 2.45) is 0 Å². The summed E-state index contributed by atoms with van der Waals surface area (Å²) in [5.41, 5.74) is 1.47. The highest BCUT2D eigenvalue weighted by Crippen LogP contribution is 2.34. The van der Waals surface area contributed by atoms with E-state index in [0.29, 0.717) is 41.5 Å². The quantitative estimate of drug-likeness (QED) is 0.549. The van der Waals surface area contributed by atoms with E-state index in [1.54, 1.807) is 19.1 Å². The summed E-state index contributed by atoms with van der Waals surface area (Å²) >= 11 is 0.601. The first-order valence-electron chi connectivity index (χ1n) is 9.52. The van der Waals surface area contributed by atoms with E-state index in [0.717, 1.165) is 17.2 Å². The number of anilines is 1. The molecule has 2 aromatic heterocycles. The lowest BCUT2D eigenvalue weighted by Crippen LogP contribution is -2.35. The van der Waals surface area contributed by atoms with Gasteiger partial charge in [-0.15, -0.1) is 11.3 Å². The second-order valence-electron chi connectivity index (χ2n) is 7.14. The molecule has 1 aromatic carbocycles. The molecule has 162 valence electrons. The summed E-state index contributed by atoms with van der Waals surface area (Å²) in [6.07, 6.45) is -1.73. The maximum atomic E-state index is 13.1. The maximum absolute atomic E-state index is 13.1. The summed E-state index contributed by atoms with van der Waals surface area (Å²) < 4.78 is 52.8. The molecule has 10 heteroatoms. The van der Waals surface area contributed by atoms with Gasteiger partial charge in [0.2, 0.25) is 5.95 Å².